The smallest absolute Gasteiger partial charge is 0.124 e. The first kappa shape index (κ1) is 19.0. The van der Waals surface area contributed by atoms with Crippen molar-refractivity contribution in [1.82, 2.24) is 5.32 Å². The van der Waals surface area contributed by atoms with Gasteiger partial charge in [-0.3, -0.25) is 0 Å². The minimum absolute atomic E-state index is 0.261. The van der Waals surface area contributed by atoms with E-state index in [4.69, 9.17) is 32.7 Å². The molecule has 2 aromatic rings. The van der Waals surface area contributed by atoms with E-state index in [2.05, 4.69) is 5.32 Å². The molecule has 0 aliphatic heterocycles. The van der Waals surface area contributed by atoms with Crippen molar-refractivity contribution in [2.45, 2.75) is 19.6 Å². The predicted octanol–water partition coefficient (Wildman–Crippen LogP) is 4.84. The van der Waals surface area contributed by atoms with Gasteiger partial charge >= 0.3 is 0 Å². The van der Waals surface area contributed by atoms with Gasteiger partial charge in [-0.25, -0.2) is 4.39 Å². The summed E-state index contributed by atoms with van der Waals surface area (Å²) in [6.45, 7) is 2.45. The fourth-order valence-corrected chi connectivity index (χ4v) is 2.60. The molecule has 0 unspecified atom stereocenters. The second-order valence-electron chi connectivity index (χ2n) is 5.30. The second-order valence-corrected chi connectivity index (χ2v) is 6.14. The monoisotopic (exact) mass is 371 g/mol. The van der Waals surface area contributed by atoms with Gasteiger partial charge in [-0.15, -0.1) is 0 Å². The van der Waals surface area contributed by atoms with Gasteiger partial charge in [0.15, 0.2) is 0 Å². The zero-order chi connectivity index (χ0) is 17.4. The lowest BCUT2D eigenvalue weighted by molar-refractivity contribution is 0.194. The third kappa shape index (κ3) is 5.95. The molecule has 24 heavy (non-hydrogen) atoms. The summed E-state index contributed by atoms with van der Waals surface area (Å²) >= 11 is 12.1. The van der Waals surface area contributed by atoms with E-state index >= 15 is 0 Å². The minimum atomic E-state index is -0.365. The molecule has 0 fully saturated rings. The average Bonchev–Trinajstić information content (AvgIpc) is 2.55. The molecule has 0 spiro atoms. The molecule has 0 aliphatic rings. The molecular formula is C18H20Cl2FNO2. The first-order valence-corrected chi connectivity index (χ1v) is 8.40. The number of methoxy groups -OCH3 is 1. The van der Waals surface area contributed by atoms with Crippen molar-refractivity contribution in [3.8, 4) is 5.75 Å². The number of ether oxygens (including phenoxy) is 2. The Bertz CT molecular complexity index is 667. The predicted molar refractivity (Wildman–Crippen MR) is 95.4 cm³/mol. The van der Waals surface area contributed by atoms with E-state index in [-0.39, 0.29) is 12.4 Å². The fourth-order valence-electron chi connectivity index (χ4n) is 2.19. The van der Waals surface area contributed by atoms with Crippen molar-refractivity contribution in [2.24, 2.45) is 0 Å². The molecule has 1 N–H and O–H groups in total. The lowest BCUT2D eigenvalue weighted by atomic mass is 10.2. The van der Waals surface area contributed by atoms with E-state index in [0.717, 1.165) is 36.4 Å². The first-order valence-electron chi connectivity index (χ1n) is 7.65. The number of halogens is 3. The SMILES string of the molecule is COCCCNCc1cc(Cl)ccc1OCc1ccc(F)cc1Cl. The highest BCUT2D eigenvalue weighted by molar-refractivity contribution is 6.31. The van der Waals surface area contributed by atoms with Crippen LogP contribution < -0.4 is 10.1 Å². The van der Waals surface area contributed by atoms with Crippen LogP contribution in [-0.4, -0.2) is 20.3 Å². The Morgan fingerprint density at radius 3 is 2.67 bits per heavy atom. The summed E-state index contributed by atoms with van der Waals surface area (Å²) in [4.78, 5) is 0. The van der Waals surface area contributed by atoms with Crippen LogP contribution in [0.3, 0.4) is 0 Å². The van der Waals surface area contributed by atoms with Crippen LogP contribution in [0.4, 0.5) is 4.39 Å². The van der Waals surface area contributed by atoms with Crippen molar-refractivity contribution in [3.63, 3.8) is 0 Å². The zero-order valence-electron chi connectivity index (χ0n) is 13.5. The summed E-state index contributed by atoms with van der Waals surface area (Å²) in [5, 5.41) is 4.33. The highest BCUT2D eigenvalue weighted by atomic mass is 35.5. The normalized spacial score (nSPS) is 10.8. The van der Waals surface area contributed by atoms with Crippen molar-refractivity contribution in [2.75, 3.05) is 20.3 Å². The molecule has 2 aromatic carbocycles. The molecule has 0 radical (unpaired) electrons. The van der Waals surface area contributed by atoms with E-state index in [0.29, 0.717) is 16.6 Å². The molecule has 0 amide bonds. The Labute approximate surface area is 151 Å². The van der Waals surface area contributed by atoms with Gasteiger partial charge in [0.25, 0.3) is 0 Å². The Morgan fingerprint density at radius 2 is 1.92 bits per heavy atom. The quantitative estimate of drug-likeness (QED) is 0.639. The Balaban J connectivity index is 1.98. The largest absolute Gasteiger partial charge is 0.489 e. The Kier molecular flexibility index (Phi) is 7.79. The molecule has 0 saturated heterocycles. The van der Waals surface area contributed by atoms with E-state index in [1.54, 1.807) is 19.2 Å². The molecule has 0 atom stereocenters. The summed E-state index contributed by atoms with van der Waals surface area (Å²) in [5.74, 6) is 0.357. The number of rotatable bonds is 9. The van der Waals surface area contributed by atoms with Crippen molar-refractivity contribution < 1.29 is 13.9 Å². The Hall–Kier alpha value is -1.33. The number of hydrogen-bond donors (Lipinski definition) is 1. The highest BCUT2D eigenvalue weighted by Gasteiger charge is 2.08. The maximum absolute atomic E-state index is 13.1. The topological polar surface area (TPSA) is 30.5 Å². The van der Waals surface area contributed by atoms with E-state index < -0.39 is 0 Å². The molecule has 0 aliphatic carbocycles. The fraction of sp³-hybridized carbons (Fsp3) is 0.333. The van der Waals surface area contributed by atoms with Gasteiger partial charge in [0.2, 0.25) is 0 Å². The molecule has 0 aromatic heterocycles. The van der Waals surface area contributed by atoms with Crippen LogP contribution in [0.2, 0.25) is 10.0 Å². The maximum atomic E-state index is 13.1. The molecule has 0 heterocycles. The van der Waals surface area contributed by atoms with Crippen LogP contribution >= 0.6 is 23.2 Å². The molecule has 130 valence electrons. The maximum Gasteiger partial charge on any atom is 0.124 e. The first-order chi connectivity index (χ1) is 11.6. The molecule has 2 rings (SSSR count). The van der Waals surface area contributed by atoms with Gasteiger partial charge in [0, 0.05) is 36.4 Å². The second kappa shape index (κ2) is 9.84. The van der Waals surface area contributed by atoms with Crippen molar-refractivity contribution in [1.29, 1.82) is 0 Å². The third-order valence-electron chi connectivity index (χ3n) is 3.44. The summed E-state index contributed by atoms with van der Waals surface area (Å²) in [5.41, 5.74) is 1.69. The number of nitrogens with one attached hydrogen (secondary N) is 1. The van der Waals surface area contributed by atoms with Gasteiger partial charge in [-0.1, -0.05) is 29.3 Å². The molecule has 6 heteroatoms. The summed E-state index contributed by atoms with van der Waals surface area (Å²) in [6.07, 6.45) is 0.929. The van der Waals surface area contributed by atoms with E-state index in [1.807, 2.05) is 12.1 Å². The van der Waals surface area contributed by atoms with E-state index in [1.165, 1.54) is 12.1 Å². The van der Waals surface area contributed by atoms with Crippen LogP contribution in [0, 0.1) is 5.82 Å². The minimum Gasteiger partial charge on any atom is -0.489 e. The molecular weight excluding hydrogens is 352 g/mol. The van der Waals surface area contributed by atoms with Gasteiger partial charge in [-0.2, -0.15) is 0 Å². The van der Waals surface area contributed by atoms with Gasteiger partial charge < -0.3 is 14.8 Å². The summed E-state index contributed by atoms with van der Waals surface area (Å²) < 4.78 is 24.0. The molecule has 0 bridgehead atoms. The van der Waals surface area contributed by atoms with Crippen molar-refractivity contribution >= 4 is 23.2 Å². The average molecular weight is 372 g/mol. The number of hydrogen-bond acceptors (Lipinski definition) is 3. The van der Waals surface area contributed by atoms with Gasteiger partial charge in [0.1, 0.15) is 18.2 Å². The molecule has 0 saturated carbocycles. The number of benzene rings is 2. The standard InChI is InChI=1S/C18H20Cl2FNO2/c1-23-8-2-7-22-11-14-9-15(19)4-6-18(14)24-12-13-3-5-16(21)10-17(13)20/h3-6,9-10,22H,2,7-8,11-12H2,1H3. The van der Waals surface area contributed by atoms with Crippen LogP contribution in [0.5, 0.6) is 5.75 Å². The summed E-state index contributed by atoms with van der Waals surface area (Å²) in [6, 6.07) is 9.73. The molecule has 3 nitrogen and oxygen atoms in total. The van der Waals surface area contributed by atoms with Crippen molar-refractivity contribution in [3.05, 3.63) is 63.4 Å². The lowest BCUT2D eigenvalue weighted by Crippen LogP contribution is -2.16. The zero-order valence-corrected chi connectivity index (χ0v) is 15.0. The van der Waals surface area contributed by atoms with Crippen LogP contribution in [0.25, 0.3) is 0 Å². The third-order valence-corrected chi connectivity index (χ3v) is 4.03. The Morgan fingerprint density at radius 1 is 1.08 bits per heavy atom. The van der Waals surface area contributed by atoms with Crippen LogP contribution in [0.1, 0.15) is 17.5 Å². The van der Waals surface area contributed by atoms with Gasteiger partial charge in [0.05, 0.1) is 5.02 Å². The van der Waals surface area contributed by atoms with Gasteiger partial charge in [-0.05, 0) is 43.3 Å². The van der Waals surface area contributed by atoms with Crippen LogP contribution in [-0.2, 0) is 17.9 Å². The van der Waals surface area contributed by atoms with E-state index in [9.17, 15) is 4.39 Å². The van der Waals surface area contributed by atoms with Crippen LogP contribution in [0.15, 0.2) is 36.4 Å². The lowest BCUT2D eigenvalue weighted by Gasteiger charge is -2.13. The summed E-state index contributed by atoms with van der Waals surface area (Å²) in [7, 11) is 1.68. The highest BCUT2D eigenvalue weighted by Crippen LogP contribution is 2.25.